The van der Waals surface area contributed by atoms with Crippen LogP contribution in [-0.4, -0.2) is 46.5 Å². The van der Waals surface area contributed by atoms with Crippen molar-refractivity contribution in [2.24, 2.45) is 5.41 Å². The molecule has 0 unspecified atom stereocenters. The molecule has 0 atom stereocenters. The van der Waals surface area contributed by atoms with Gasteiger partial charge in [0.25, 0.3) is 5.91 Å². The normalized spacial score (nSPS) is 15.9. The van der Waals surface area contributed by atoms with Crippen molar-refractivity contribution in [2.45, 2.75) is 46.0 Å². The number of carbonyl (C=O) groups excluding carboxylic acids is 1. The number of carbonyl (C=O) groups is 1. The van der Waals surface area contributed by atoms with Crippen molar-refractivity contribution in [3.05, 3.63) is 17.7 Å². The number of hydrogen-bond acceptors (Lipinski definition) is 5. The minimum absolute atomic E-state index is 0.116. The van der Waals surface area contributed by atoms with Crippen LogP contribution >= 0.6 is 0 Å². The van der Waals surface area contributed by atoms with Crippen molar-refractivity contribution in [1.82, 2.24) is 5.32 Å². The van der Waals surface area contributed by atoms with E-state index in [2.05, 4.69) is 19.2 Å². The van der Waals surface area contributed by atoms with Crippen LogP contribution in [0.25, 0.3) is 0 Å². The van der Waals surface area contributed by atoms with Crippen LogP contribution in [-0.2, 0) is 4.74 Å². The first-order chi connectivity index (χ1) is 13.1. The molecule has 1 aliphatic heterocycles. The Morgan fingerprint density at radius 3 is 2.30 bits per heavy atom. The molecule has 0 saturated carbocycles. The molecule has 1 aromatic carbocycles. The molecule has 0 radical (unpaired) electrons. The second-order valence-electron chi connectivity index (χ2n) is 7.06. The Morgan fingerprint density at radius 1 is 1.15 bits per heavy atom. The summed E-state index contributed by atoms with van der Waals surface area (Å²) in [7, 11) is 3.13. The van der Waals surface area contributed by atoms with Gasteiger partial charge in [0, 0.05) is 25.3 Å². The first-order valence-corrected chi connectivity index (χ1v) is 9.84. The van der Waals surface area contributed by atoms with Crippen LogP contribution in [0.1, 0.15) is 56.3 Å². The maximum atomic E-state index is 12.8. The van der Waals surface area contributed by atoms with Gasteiger partial charge in [0.15, 0.2) is 11.5 Å². The monoisotopic (exact) mass is 379 g/mol. The van der Waals surface area contributed by atoms with E-state index in [4.69, 9.17) is 18.9 Å². The lowest BCUT2D eigenvalue weighted by Crippen LogP contribution is -2.41. The predicted octanol–water partition coefficient (Wildman–Crippen LogP) is 3.82. The Balaban J connectivity index is 2.13. The van der Waals surface area contributed by atoms with Crippen molar-refractivity contribution < 1.29 is 23.7 Å². The molecule has 0 bridgehead atoms. The standard InChI is InChI=1S/C21H33NO5/c1-5-7-10-27-19-17(24-3)13-16(14-18(19)25-4)20(23)22-15-21(6-2)8-11-26-12-9-21/h13-14H,5-12,15H2,1-4H3,(H,22,23). The highest BCUT2D eigenvalue weighted by molar-refractivity contribution is 5.95. The fourth-order valence-electron chi connectivity index (χ4n) is 3.30. The summed E-state index contributed by atoms with van der Waals surface area (Å²) < 4.78 is 22.2. The number of nitrogens with one attached hydrogen (secondary N) is 1. The summed E-state index contributed by atoms with van der Waals surface area (Å²) in [6, 6.07) is 3.42. The van der Waals surface area contributed by atoms with Crippen LogP contribution in [0.2, 0.25) is 0 Å². The molecular formula is C21H33NO5. The summed E-state index contributed by atoms with van der Waals surface area (Å²) in [5.41, 5.74) is 0.621. The smallest absolute Gasteiger partial charge is 0.251 e. The summed E-state index contributed by atoms with van der Waals surface area (Å²) in [6.07, 6.45) is 4.95. The van der Waals surface area contributed by atoms with E-state index in [1.165, 1.54) is 0 Å². The van der Waals surface area contributed by atoms with E-state index >= 15 is 0 Å². The van der Waals surface area contributed by atoms with Crippen LogP contribution in [0.3, 0.4) is 0 Å². The first kappa shape index (κ1) is 21.4. The number of unbranched alkanes of at least 4 members (excludes halogenated alkanes) is 1. The van der Waals surface area contributed by atoms with Crippen molar-refractivity contribution in [2.75, 3.05) is 40.6 Å². The molecule has 1 aromatic rings. The highest BCUT2D eigenvalue weighted by Crippen LogP contribution is 2.39. The first-order valence-electron chi connectivity index (χ1n) is 9.84. The lowest BCUT2D eigenvalue weighted by Gasteiger charge is -2.36. The van der Waals surface area contributed by atoms with Gasteiger partial charge in [0.1, 0.15) is 0 Å². The average molecular weight is 379 g/mol. The highest BCUT2D eigenvalue weighted by atomic mass is 16.5. The van der Waals surface area contributed by atoms with Crippen molar-refractivity contribution in [3.8, 4) is 17.2 Å². The molecule has 6 heteroatoms. The van der Waals surface area contributed by atoms with Gasteiger partial charge in [0.2, 0.25) is 5.75 Å². The second-order valence-corrected chi connectivity index (χ2v) is 7.06. The van der Waals surface area contributed by atoms with Gasteiger partial charge in [0.05, 0.1) is 20.8 Å². The largest absolute Gasteiger partial charge is 0.493 e. The minimum atomic E-state index is -0.133. The van der Waals surface area contributed by atoms with Crippen LogP contribution in [0, 0.1) is 5.41 Å². The third-order valence-corrected chi connectivity index (χ3v) is 5.39. The number of amides is 1. The van der Waals surface area contributed by atoms with E-state index < -0.39 is 0 Å². The Bertz CT molecular complexity index is 586. The Labute approximate surface area is 162 Å². The van der Waals surface area contributed by atoms with E-state index in [1.807, 2.05) is 0 Å². The molecule has 0 aliphatic carbocycles. The quantitative estimate of drug-likeness (QED) is 0.626. The number of ether oxygens (including phenoxy) is 4. The molecule has 1 fully saturated rings. The second kappa shape index (κ2) is 10.4. The Kier molecular flexibility index (Phi) is 8.23. The zero-order chi connectivity index (χ0) is 19.7. The summed E-state index contributed by atoms with van der Waals surface area (Å²) >= 11 is 0. The molecule has 27 heavy (non-hydrogen) atoms. The molecule has 152 valence electrons. The van der Waals surface area contributed by atoms with Crippen molar-refractivity contribution >= 4 is 5.91 Å². The van der Waals surface area contributed by atoms with Crippen LogP contribution in [0.5, 0.6) is 17.2 Å². The van der Waals surface area contributed by atoms with E-state index in [-0.39, 0.29) is 11.3 Å². The molecule has 1 N–H and O–H groups in total. The molecule has 1 aliphatic rings. The van der Waals surface area contributed by atoms with E-state index in [9.17, 15) is 4.79 Å². The molecule has 0 spiro atoms. The van der Waals surface area contributed by atoms with Gasteiger partial charge in [-0.3, -0.25) is 4.79 Å². The van der Waals surface area contributed by atoms with Crippen molar-refractivity contribution in [1.29, 1.82) is 0 Å². The molecule has 0 aromatic heterocycles. The van der Waals surface area contributed by atoms with E-state index in [0.717, 1.165) is 45.3 Å². The van der Waals surface area contributed by atoms with Gasteiger partial charge in [-0.1, -0.05) is 20.3 Å². The van der Waals surface area contributed by atoms with E-state index in [1.54, 1.807) is 26.4 Å². The zero-order valence-corrected chi connectivity index (χ0v) is 17.1. The van der Waals surface area contributed by atoms with Crippen molar-refractivity contribution in [3.63, 3.8) is 0 Å². The average Bonchev–Trinajstić information content (AvgIpc) is 2.72. The Morgan fingerprint density at radius 2 is 1.78 bits per heavy atom. The maximum absolute atomic E-state index is 12.8. The van der Waals surface area contributed by atoms with Crippen LogP contribution in [0.4, 0.5) is 0 Å². The lowest BCUT2D eigenvalue weighted by atomic mass is 9.78. The molecule has 2 rings (SSSR count). The van der Waals surface area contributed by atoms with Gasteiger partial charge in [-0.2, -0.15) is 0 Å². The van der Waals surface area contributed by atoms with Gasteiger partial charge in [-0.15, -0.1) is 0 Å². The van der Waals surface area contributed by atoms with Gasteiger partial charge in [-0.25, -0.2) is 0 Å². The zero-order valence-electron chi connectivity index (χ0n) is 17.1. The Hall–Kier alpha value is -1.95. The van der Waals surface area contributed by atoms with Gasteiger partial charge in [-0.05, 0) is 43.2 Å². The number of hydrogen-bond donors (Lipinski definition) is 1. The predicted molar refractivity (Wildman–Crippen MR) is 105 cm³/mol. The molecule has 1 amide bonds. The van der Waals surface area contributed by atoms with Gasteiger partial charge < -0.3 is 24.3 Å². The minimum Gasteiger partial charge on any atom is -0.493 e. The molecule has 1 heterocycles. The third kappa shape index (κ3) is 5.51. The fourth-order valence-corrected chi connectivity index (χ4v) is 3.30. The highest BCUT2D eigenvalue weighted by Gasteiger charge is 2.31. The lowest BCUT2D eigenvalue weighted by molar-refractivity contribution is 0.0129. The summed E-state index contributed by atoms with van der Waals surface area (Å²) in [5, 5.41) is 3.09. The SMILES string of the molecule is CCCCOc1c(OC)cc(C(=O)NCC2(CC)CCOCC2)cc1OC. The van der Waals surface area contributed by atoms with E-state index in [0.29, 0.717) is 36.0 Å². The molecule has 1 saturated heterocycles. The summed E-state index contributed by atoms with van der Waals surface area (Å²) in [4.78, 5) is 12.8. The third-order valence-electron chi connectivity index (χ3n) is 5.39. The van der Waals surface area contributed by atoms with Crippen LogP contribution in [0.15, 0.2) is 12.1 Å². The summed E-state index contributed by atoms with van der Waals surface area (Å²) in [5.74, 6) is 1.42. The molecular weight excluding hydrogens is 346 g/mol. The van der Waals surface area contributed by atoms with Crippen LogP contribution < -0.4 is 19.5 Å². The number of benzene rings is 1. The number of rotatable bonds is 10. The summed E-state index contributed by atoms with van der Waals surface area (Å²) in [6.45, 7) is 7.02. The van der Waals surface area contributed by atoms with Gasteiger partial charge >= 0.3 is 0 Å². The fraction of sp³-hybridized carbons (Fsp3) is 0.667. The number of methoxy groups -OCH3 is 2. The maximum Gasteiger partial charge on any atom is 0.251 e. The molecule has 6 nitrogen and oxygen atoms in total. The topological polar surface area (TPSA) is 66.0 Å².